The van der Waals surface area contributed by atoms with Crippen LogP contribution < -0.4 is 10.2 Å². The Morgan fingerprint density at radius 1 is 0.941 bits per heavy atom. The van der Waals surface area contributed by atoms with E-state index in [1.807, 2.05) is 47.4 Å². The van der Waals surface area contributed by atoms with E-state index < -0.39 is 5.97 Å². The van der Waals surface area contributed by atoms with Gasteiger partial charge in [-0.2, -0.15) is 0 Å². The number of anilines is 2. The first-order valence-electron chi connectivity index (χ1n) is 12.0. The standard InChI is InChI=1S/C26H33FN4O3/c27-22-6-8-24(9-7-22)30-16-14-29(15-17-30)12-10-21-19-31(13-11-20(21)18-25(32)33)26(34)28-23-4-2-1-3-5-23/h1-9,20-21H,10-19H2,(H,28,34)(H,32,33). The van der Waals surface area contributed by atoms with E-state index in [0.29, 0.717) is 19.5 Å². The Hall–Kier alpha value is -3.13. The van der Waals surface area contributed by atoms with Crippen molar-refractivity contribution in [2.24, 2.45) is 11.8 Å². The third-order valence-corrected chi connectivity index (χ3v) is 7.02. The number of hydrogen-bond donors (Lipinski definition) is 2. The smallest absolute Gasteiger partial charge is 0.321 e. The van der Waals surface area contributed by atoms with Crippen LogP contribution in [0.15, 0.2) is 54.6 Å². The maximum absolute atomic E-state index is 13.2. The zero-order valence-corrected chi connectivity index (χ0v) is 19.4. The Labute approximate surface area is 200 Å². The van der Waals surface area contributed by atoms with Crippen molar-refractivity contribution in [2.75, 3.05) is 56.0 Å². The molecular formula is C26H33FN4O3. The summed E-state index contributed by atoms with van der Waals surface area (Å²) in [5.74, 6) is -0.761. The molecule has 0 radical (unpaired) electrons. The molecule has 0 aromatic heterocycles. The number of amides is 2. The second-order valence-corrected chi connectivity index (χ2v) is 9.24. The molecular weight excluding hydrogens is 435 g/mol. The number of hydrogen-bond acceptors (Lipinski definition) is 4. The molecule has 34 heavy (non-hydrogen) atoms. The van der Waals surface area contributed by atoms with Crippen molar-refractivity contribution in [1.29, 1.82) is 0 Å². The summed E-state index contributed by atoms with van der Waals surface area (Å²) < 4.78 is 13.2. The van der Waals surface area contributed by atoms with Crippen molar-refractivity contribution >= 4 is 23.4 Å². The summed E-state index contributed by atoms with van der Waals surface area (Å²) >= 11 is 0. The lowest BCUT2D eigenvalue weighted by atomic mass is 9.81. The normalized spacial score (nSPS) is 21.3. The molecule has 0 bridgehead atoms. The van der Waals surface area contributed by atoms with Crippen molar-refractivity contribution in [1.82, 2.24) is 9.80 Å². The highest BCUT2D eigenvalue weighted by molar-refractivity contribution is 5.89. The maximum Gasteiger partial charge on any atom is 0.321 e. The van der Waals surface area contributed by atoms with E-state index in [-0.39, 0.29) is 30.1 Å². The van der Waals surface area contributed by atoms with Crippen LogP contribution in [0.4, 0.5) is 20.6 Å². The van der Waals surface area contributed by atoms with Gasteiger partial charge in [0.15, 0.2) is 0 Å². The number of benzene rings is 2. The molecule has 4 rings (SSSR count). The van der Waals surface area contributed by atoms with E-state index in [1.165, 1.54) is 12.1 Å². The van der Waals surface area contributed by atoms with Gasteiger partial charge in [-0.15, -0.1) is 0 Å². The molecule has 2 atom stereocenters. The first-order chi connectivity index (χ1) is 16.5. The number of piperazine rings is 1. The van der Waals surface area contributed by atoms with Gasteiger partial charge in [-0.1, -0.05) is 18.2 Å². The highest BCUT2D eigenvalue weighted by Gasteiger charge is 2.33. The van der Waals surface area contributed by atoms with Crippen LogP contribution in [0.25, 0.3) is 0 Å². The SMILES string of the molecule is O=C(O)CC1CCN(C(=O)Nc2ccccc2)CC1CCN1CCN(c2ccc(F)cc2)CC1. The van der Waals surface area contributed by atoms with Gasteiger partial charge in [0, 0.05) is 57.1 Å². The van der Waals surface area contributed by atoms with E-state index >= 15 is 0 Å². The van der Waals surface area contributed by atoms with Crippen LogP contribution in [0.2, 0.25) is 0 Å². The molecule has 2 aromatic carbocycles. The quantitative estimate of drug-likeness (QED) is 0.643. The summed E-state index contributed by atoms with van der Waals surface area (Å²) in [6.45, 7) is 5.60. The molecule has 2 N–H and O–H groups in total. The molecule has 0 spiro atoms. The van der Waals surface area contributed by atoms with Crippen LogP contribution in [0.1, 0.15) is 19.3 Å². The molecule has 2 saturated heterocycles. The Morgan fingerprint density at radius 2 is 1.65 bits per heavy atom. The summed E-state index contributed by atoms with van der Waals surface area (Å²) in [6.07, 6.45) is 1.72. The Balaban J connectivity index is 1.30. The number of rotatable bonds is 7. The van der Waals surface area contributed by atoms with Gasteiger partial charge in [-0.25, -0.2) is 9.18 Å². The first kappa shape index (κ1) is 24.0. The minimum Gasteiger partial charge on any atom is -0.481 e. The number of carbonyl (C=O) groups excluding carboxylic acids is 1. The third-order valence-electron chi connectivity index (χ3n) is 7.02. The van der Waals surface area contributed by atoms with Crippen LogP contribution in [-0.2, 0) is 4.79 Å². The average Bonchev–Trinajstić information content (AvgIpc) is 2.84. The van der Waals surface area contributed by atoms with Crippen LogP contribution in [0, 0.1) is 17.7 Å². The molecule has 8 heteroatoms. The fraction of sp³-hybridized carbons (Fsp3) is 0.462. The number of carboxylic acid groups (broad SMARTS) is 1. The van der Waals surface area contributed by atoms with E-state index in [2.05, 4.69) is 15.1 Å². The van der Waals surface area contributed by atoms with E-state index in [0.717, 1.165) is 50.5 Å². The molecule has 2 fully saturated rings. The Kier molecular flexibility index (Phi) is 8.00. The molecule has 2 aliphatic heterocycles. The van der Waals surface area contributed by atoms with Crippen molar-refractivity contribution in [3.63, 3.8) is 0 Å². The number of carbonyl (C=O) groups is 2. The fourth-order valence-electron chi connectivity index (χ4n) is 5.04. The van der Waals surface area contributed by atoms with Crippen molar-refractivity contribution < 1.29 is 19.1 Å². The Morgan fingerprint density at radius 3 is 2.32 bits per heavy atom. The van der Waals surface area contributed by atoms with Gasteiger partial charge in [0.05, 0.1) is 0 Å². The minimum absolute atomic E-state index is 0.0822. The molecule has 2 amide bonds. The number of nitrogens with zero attached hydrogens (tertiary/aromatic N) is 3. The molecule has 2 heterocycles. The van der Waals surface area contributed by atoms with E-state index in [1.54, 1.807) is 0 Å². The summed E-state index contributed by atoms with van der Waals surface area (Å²) in [4.78, 5) is 30.7. The summed E-state index contributed by atoms with van der Waals surface area (Å²) in [5, 5.41) is 12.3. The van der Waals surface area contributed by atoms with Crippen molar-refractivity contribution in [3.8, 4) is 0 Å². The molecule has 2 aliphatic rings. The van der Waals surface area contributed by atoms with Gasteiger partial charge >= 0.3 is 12.0 Å². The van der Waals surface area contributed by atoms with Crippen LogP contribution in [-0.4, -0.2) is 72.7 Å². The molecule has 0 saturated carbocycles. The monoisotopic (exact) mass is 468 g/mol. The second kappa shape index (κ2) is 11.3. The summed E-state index contributed by atoms with van der Waals surface area (Å²) in [7, 11) is 0. The van der Waals surface area contributed by atoms with Gasteiger partial charge < -0.3 is 20.2 Å². The lowest BCUT2D eigenvalue weighted by molar-refractivity contribution is -0.139. The number of carboxylic acids is 1. The second-order valence-electron chi connectivity index (χ2n) is 9.24. The van der Waals surface area contributed by atoms with Gasteiger partial charge in [-0.3, -0.25) is 9.69 Å². The number of urea groups is 1. The largest absolute Gasteiger partial charge is 0.481 e. The van der Waals surface area contributed by atoms with Gasteiger partial charge in [0.2, 0.25) is 0 Å². The number of likely N-dealkylation sites (tertiary alicyclic amines) is 1. The Bertz CT molecular complexity index is 948. The molecule has 7 nitrogen and oxygen atoms in total. The van der Waals surface area contributed by atoms with Gasteiger partial charge in [0.25, 0.3) is 0 Å². The van der Waals surface area contributed by atoms with Crippen molar-refractivity contribution in [2.45, 2.75) is 19.3 Å². The predicted molar refractivity (Wildman–Crippen MR) is 131 cm³/mol. The zero-order chi connectivity index (χ0) is 23.9. The zero-order valence-electron chi connectivity index (χ0n) is 19.4. The lowest BCUT2D eigenvalue weighted by Gasteiger charge is -2.40. The highest BCUT2D eigenvalue weighted by Crippen LogP contribution is 2.30. The van der Waals surface area contributed by atoms with Crippen LogP contribution in [0.3, 0.4) is 0 Å². The fourth-order valence-corrected chi connectivity index (χ4v) is 5.04. The first-order valence-corrected chi connectivity index (χ1v) is 12.0. The molecule has 2 unspecified atom stereocenters. The van der Waals surface area contributed by atoms with Crippen LogP contribution in [0.5, 0.6) is 0 Å². The summed E-state index contributed by atoms with van der Waals surface area (Å²) in [6, 6.07) is 15.9. The number of nitrogens with one attached hydrogen (secondary N) is 1. The topological polar surface area (TPSA) is 76.1 Å². The number of para-hydroxylation sites is 1. The van der Waals surface area contributed by atoms with E-state index in [9.17, 15) is 19.1 Å². The molecule has 182 valence electrons. The number of halogens is 1. The van der Waals surface area contributed by atoms with Gasteiger partial charge in [0.1, 0.15) is 5.82 Å². The highest BCUT2D eigenvalue weighted by atomic mass is 19.1. The van der Waals surface area contributed by atoms with E-state index in [4.69, 9.17) is 0 Å². The number of piperidine rings is 1. The third kappa shape index (κ3) is 6.47. The van der Waals surface area contributed by atoms with Gasteiger partial charge in [-0.05, 0) is 67.6 Å². The molecule has 2 aromatic rings. The maximum atomic E-state index is 13.2. The van der Waals surface area contributed by atoms with Crippen molar-refractivity contribution in [3.05, 3.63) is 60.4 Å². The number of aliphatic carboxylic acids is 1. The predicted octanol–water partition coefficient (Wildman–Crippen LogP) is 3.98. The van der Waals surface area contributed by atoms with Crippen LogP contribution >= 0.6 is 0 Å². The average molecular weight is 469 g/mol. The lowest BCUT2D eigenvalue weighted by Crippen LogP contribution is -2.49. The molecule has 0 aliphatic carbocycles. The summed E-state index contributed by atoms with van der Waals surface area (Å²) in [5.41, 5.74) is 1.80. The minimum atomic E-state index is -0.773.